The molecule has 0 aromatic heterocycles. The second-order valence-electron chi connectivity index (χ2n) is 7.11. The van der Waals surface area contributed by atoms with Crippen LogP contribution >= 0.6 is 0 Å². The lowest BCUT2D eigenvalue weighted by Crippen LogP contribution is -2.60. The van der Waals surface area contributed by atoms with Gasteiger partial charge in [0.2, 0.25) is 0 Å². The molecular weight excluding hydrogens is 234 g/mol. The lowest BCUT2D eigenvalue weighted by molar-refractivity contribution is 0.00993. The summed E-state index contributed by atoms with van der Waals surface area (Å²) in [6.07, 6.45) is 12.1. The Morgan fingerprint density at radius 1 is 0.947 bits per heavy atom. The smallest absolute Gasteiger partial charge is 0.0330 e. The maximum atomic E-state index is 6.45. The van der Waals surface area contributed by atoms with Crippen molar-refractivity contribution >= 4 is 0 Å². The summed E-state index contributed by atoms with van der Waals surface area (Å²) in [6, 6.07) is 0.974. The van der Waals surface area contributed by atoms with Crippen LogP contribution in [0.3, 0.4) is 0 Å². The van der Waals surface area contributed by atoms with Crippen molar-refractivity contribution in [3.63, 3.8) is 0 Å². The molecule has 3 nitrogen and oxygen atoms in total. The normalized spacial score (nSPS) is 31.9. The third-order valence-electron chi connectivity index (χ3n) is 5.62. The van der Waals surface area contributed by atoms with Gasteiger partial charge in [-0.2, -0.15) is 0 Å². The molecule has 2 unspecified atom stereocenters. The number of hydrogen-bond acceptors (Lipinski definition) is 3. The van der Waals surface area contributed by atoms with E-state index in [9.17, 15) is 0 Å². The van der Waals surface area contributed by atoms with E-state index in [4.69, 9.17) is 5.73 Å². The largest absolute Gasteiger partial charge is 0.326 e. The summed E-state index contributed by atoms with van der Waals surface area (Å²) in [6.45, 7) is 1.19. The molecule has 2 atom stereocenters. The molecule has 0 spiro atoms. The van der Waals surface area contributed by atoms with Gasteiger partial charge in [-0.15, -0.1) is 0 Å². The molecular formula is C16H33N3. The van der Waals surface area contributed by atoms with Gasteiger partial charge < -0.3 is 15.5 Å². The van der Waals surface area contributed by atoms with Crippen molar-refractivity contribution in [2.45, 2.75) is 75.4 Å². The minimum atomic E-state index is 0.379. The number of rotatable bonds is 4. The fourth-order valence-electron chi connectivity index (χ4n) is 3.95. The molecule has 2 N–H and O–H groups in total. The van der Waals surface area contributed by atoms with Gasteiger partial charge in [0.05, 0.1) is 0 Å². The maximum Gasteiger partial charge on any atom is 0.0330 e. The van der Waals surface area contributed by atoms with Gasteiger partial charge >= 0.3 is 0 Å². The van der Waals surface area contributed by atoms with E-state index in [-0.39, 0.29) is 0 Å². The van der Waals surface area contributed by atoms with Crippen molar-refractivity contribution in [1.82, 2.24) is 9.80 Å². The van der Waals surface area contributed by atoms with Crippen LogP contribution in [0.2, 0.25) is 0 Å². The lowest BCUT2D eigenvalue weighted by atomic mass is 9.75. The van der Waals surface area contributed by atoms with Crippen LogP contribution < -0.4 is 5.73 Å². The molecule has 2 saturated carbocycles. The predicted molar refractivity (Wildman–Crippen MR) is 82.4 cm³/mol. The van der Waals surface area contributed by atoms with Gasteiger partial charge in [-0.1, -0.05) is 25.7 Å². The predicted octanol–water partition coefficient (Wildman–Crippen LogP) is 2.45. The summed E-state index contributed by atoms with van der Waals surface area (Å²) >= 11 is 0. The van der Waals surface area contributed by atoms with Crippen LogP contribution in [0, 0.1) is 0 Å². The molecule has 0 radical (unpaired) electrons. The Bertz CT molecular complexity index is 273. The molecule has 0 aromatic rings. The van der Waals surface area contributed by atoms with E-state index >= 15 is 0 Å². The third-order valence-corrected chi connectivity index (χ3v) is 5.62. The van der Waals surface area contributed by atoms with Crippen LogP contribution in [0.25, 0.3) is 0 Å². The van der Waals surface area contributed by atoms with Gasteiger partial charge in [0, 0.05) is 24.2 Å². The van der Waals surface area contributed by atoms with Gasteiger partial charge in [0.25, 0.3) is 0 Å². The Kier molecular flexibility index (Phi) is 5.27. The first-order chi connectivity index (χ1) is 9.05. The van der Waals surface area contributed by atoms with Crippen molar-refractivity contribution in [3.05, 3.63) is 0 Å². The minimum Gasteiger partial charge on any atom is -0.326 e. The molecule has 2 rings (SSSR count). The molecule has 112 valence electrons. The van der Waals surface area contributed by atoms with E-state index in [2.05, 4.69) is 30.9 Å². The standard InChI is InChI=1S/C16H33N3/c1-18(2)16(11-8-12-16)13-19(3)15-10-7-5-4-6-9-14(15)17/h14-15H,4-13,17H2,1-3H3. The van der Waals surface area contributed by atoms with Crippen LogP contribution in [-0.4, -0.2) is 55.1 Å². The van der Waals surface area contributed by atoms with Crippen LogP contribution in [-0.2, 0) is 0 Å². The molecule has 19 heavy (non-hydrogen) atoms. The molecule has 0 bridgehead atoms. The van der Waals surface area contributed by atoms with Crippen molar-refractivity contribution in [3.8, 4) is 0 Å². The average molecular weight is 267 g/mol. The minimum absolute atomic E-state index is 0.379. The fraction of sp³-hybridized carbons (Fsp3) is 1.00. The number of likely N-dealkylation sites (N-methyl/N-ethyl adjacent to an activating group) is 2. The summed E-state index contributed by atoms with van der Waals surface area (Å²) in [4.78, 5) is 5.02. The molecule has 2 aliphatic carbocycles. The highest BCUT2D eigenvalue weighted by atomic mass is 15.2. The van der Waals surface area contributed by atoms with E-state index < -0.39 is 0 Å². The second-order valence-corrected chi connectivity index (χ2v) is 7.11. The molecule has 0 aromatic carbocycles. The molecule has 2 aliphatic rings. The Morgan fingerprint density at radius 3 is 2.11 bits per heavy atom. The van der Waals surface area contributed by atoms with Crippen molar-refractivity contribution < 1.29 is 0 Å². The van der Waals surface area contributed by atoms with E-state index in [1.807, 2.05) is 0 Å². The van der Waals surface area contributed by atoms with E-state index in [1.54, 1.807) is 0 Å². The van der Waals surface area contributed by atoms with E-state index in [0.29, 0.717) is 17.6 Å². The van der Waals surface area contributed by atoms with Gasteiger partial charge in [0.1, 0.15) is 0 Å². The Labute approximate surface area is 119 Å². The summed E-state index contributed by atoms with van der Waals surface area (Å²) in [5, 5.41) is 0. The summed E-state index contributed by atoms with van der Waals surface area (Å²) < 4.78 is 0. The van der Waals surface area contributed by atoms with E-state index in [0.717, 1.165) is 0 Å². The van der Waals surface area contributed by atoms with Crippen molar-refractivity contribution in [2.75, 3.05) is 27.7 Å². The molecule has 0 saturated heterocycles. The number of nitrogens with two attached hydrogens (primary N) is 1. The molecule has 0 aliphatic heterocycles. The van der Waals surface area contributed by atoms with Crippen LogP contribution in [0.1, 0.15) is 57.8 Å². The Balaban J connectivity index is 1.94. The van der Waals surface area contributed by atoms with Gasteiger partial charge in [-0.05, 0) is 53.2 Å². The second kappa shape index (κ2) is 6.55. The first-order valence-corrected chi connectivity index (χ1v) is 8.18. The molecule has 0 amide bonds. The Hall–Kier alpha value is -0.120. The van der Waals surface area contributed by atoms with Crippen molar-refractivity contribution in [2.24, 2.45) is 5.73 Å². The highest BCUT2D eigenvalue weighted by molar-refractivity contribution is 4.99. The van der Waals surface area contributed by atoms with Crippen LogP contribution in [0.5, 0.6) is 0 Å². The van der Waals surface area contributed by atoms with Crippen molar-refractivity contribution in [1.29, 1.82) is 0 Å². The first-order valence-electron chi connectivity index (χ1n) is 8.18. The zero-order valence-electron chi connectivity index (χ0n) is 13.2. The summed E-state index contributed by atoms with van der Waals surface area (Å²) in [5.74, 6) is 0. The molecule has 0 heterocycles. The summed E-state index contributed by atoms with van der Waals surface area (Å²) in [5.41, 5.74) is 6.88. The summed E-state index contributed by atoms with van der Waals surface area (Å²) in [7, 11) is 6.78. The van der Waals surface area contributed by atoms with Gasteiger partial charge in [-0.3, -0.25) is 0 Å². The molecule has 3 heteroatoms. The number of hydrogen-bond donors (Lipinski definition) is 1. The monoisotopic (exact) mass is 267 g/mol. The zero-order valence-corrected chi connectivity index (χ0v) is 13.2. The van der Waals surface area contributed by atoms with Gasteiger partial charge in [0.15, 0.2) is 0 Å². The quantitative estimate of drug-likeness (QED) is 0.849. The number of nitrogens with zero attached hydrogens (tertiary/aromatic N) is 2. The zero-order chi connectivity index (χ0) is 13.9. The van der Waals surface area contributed by atoms with E-state index in [1.165, 1.54) is 64.3 Å². The maximum absolute atomic E-state index is 6.45. The fourth-order valence-corrected chi connectivity index (χ4v) is 3.95. The highest BCUT2D eigenvalue weighted by Crippen LogP contribution is 2.37. The molecule has 2 fully saturated rings. The third kappa shape index (κ3) is 3.50. The average Bonchev–Trinajstić information content (AvgIpc) is 2.28. The first kappa shape index (κ1) is 15.3. The highest BCUT2D eigenvalue weighted by Gasteiger charge is 2.41. The van der Waals surface area contributed by atoms with Crippen LogP contribution in [0.4, 0.5) is 0 Å². The Morgan fingerprint density at radius 2 is 1.58 bits per heavy atom. The SMILES string of the molecule is CN(CC1(N(C)C)CCC1)C1CCCCCCC1N. The van der Waals surface area contributed by atoms with Crippen LogP contribution in [0.15, 0.2) is 0 Å². The lowest BCUT2D eigenvalue weighted by Gasteiger charge is -2.51. The topological polar surface area (TPSA) is 32.5 Å². The van der Waals surface area contributed by atoms with Gasteiger partial charge in [-0.25, -0.2) is 0 Å².